The topological polar surface area (TPSA) is 115 Å². The lowest BCUT2D eigenvalue weighted by Gasteiger charge is -2.15. The Hall–Kier alpha value is -4.60. The number of aliphatic carboxylic acids is 1. The Morgan fingerprint density at radius 2 is 1.87 bits per heavy atom. The van der Waals surface area contributed by atoms with Gasteiger partial charge < -0.3 is 29.8 Å². The number of methoxy groups -OCH3 is 2. The largest absolute Gasteiger partial charge is 0.494 e. The number of nitrogens with zero attached hydrogens (tertiary/aromatic N) is 2. The summed E-state index contributed by atoms with van der Waals surface area (Å²) < 4.78 is 27.1. The van der Waals surface area contributed by atoms with Crippen molar-refractivity contribution in [3.8, 4) is 11.5 Å². The molecule has 0 bridgehead atoms. The Balaban J connectivity index is 1.69. The van der Waals surface area contributed by atoms with Crippen LogP contribution in [-0.4, -0.2) is 47.3 Å². The molecule has 0 spiro atoms. The number of hydrogen-bond acceptors (Lipinski definition) is 6. The molecule has 0 fully saturated rings. The highest BCUT2D eigenvalue weighted by Crippen LogP contribution is 2.44. The second kappa shape index (κ2) is 11.2. The summed E-state index contributed by atoms with van der Waals surface area (Å²) in [6.07, 6.45) is 3.83. The number of allylic oxidation sites excluding steroid dienone is 2. The molecule has 1 aliphatic rings. The van der Waals surface area contributed by atoms with Crippen LogP contribution in [0.4, 0.5) is 10.1 Å². The minimum atomic E-state index is -1.02. The number of pyridine rings is 1. The first-order chi connectivity index (χ1) is 18.2. The van der Waals surface area contributed by atoms with Crippen molar-refractivity contribution in [1.29, 1.82) is 0 Å². The van der Waals surface area contributed by atoms with Gasteiger partial charge in [0.05, 0.1) is 32.9 Å². The summed E-state index contributed by atoms with van der Waals surface area (Å²) >= 11 is 0. The third kappa shape index (κ3) is 5.54. The van der Waals surface area contributed by atoms with E-state index in [1.165, 1.54) is 20.3 Å². The number of ether oxygens (including phenoxy) is 2. The molecule has 1 amide bonds. The summed E-state index contributed by atoms with van der Waals surface area (Å²) in [5.41, 5.74) is 5.46. The maximum absolute atomic E-state index is 14.2. The maximum Gasteiger partial charge on any atom is 0.322 e. The van der Waals surface area contributed by atoms with Gasteiger partial charge >= 0.3 is 5.97 Å². The minimum absolute atomic E-state index is 0.0434. The van der Waals surface area contributed by atoms with E-state index in [2.05, 4.69) is 15.6 Å². The van der Waals surface area contributed by atoms with Crippen molar-refractivity contribution < 1.29 is 28.6 Å². The molecule has 0 aliphatic heterocycles. The van der Waals surface area contributed by atoms with Gasteiger partial charge in [-0.3, -0.25) is 9.59 Å². The lowest BCUT2D eigenvalue weighted by atomic mass is 10.0. The van der Waals surface area contributed by atoms with E-state index < -0.39 is 11.9 Å². The fraction of sp³-hybridized carbons (Fsp3) is 0.250. The number of nitrogens with one attached hydrogen (secondary N) is 2. The van der Waals surface area contributed by atoms with Gasteiger partial charge in [0.2, 0.25) is 11.9 Å². The number of carbonyl (C=O) groups excluding carboxylic acids is 1. The zero-order valence-corrected chi connectivity index (χ0v) is 21.6. The van der Waals surface area contributed by atoms with Crippen LogP contribution in [0.1, 0.15) is 35.9 Å². The van der Waals surface area contributed by atoms with Gasteiger partial charge in [-0.1, -0.05) is 0 Å². The Bertz CT molecular complexity index is 1430. The number of benzene rings is 1. The van der Waals surface area contributed by atoms with E-state index >= 15 is 0 Å². The SMILES string of the molecule is COc1cc(C=C2C(C)=C(CC(=O)NCc3cccn3C)c3nc(F)ccc32)cc(OC)c1NCC(=O)O. The normalized spacial score (nSPS) is 13.4. The fourth-order valence-electron chi connectivity index (χ4n) is 4.44. The lowest BCUT2D eigenvalue weighted by molar-refractivity contribution is -0.135. The van der Waals surface area contributed by atoms with Crippen molar-refractivity contribution >= 4 is 34.8 Å². The molecule has 0 saturated carbocycles. The Morgan fingerprint density at radius 3 is 2.47 bits per heavy atom. The summed E-state index contributed by atoms with van der Waals surface area (Å²) in [5, 5.41) is 14.8. The second-order valence-corrected chi connectivity index (χ2v) is 8.80. The van der Waals surface area contributed by atoms with Gasteiger partial charge in [0, 0.05) is 24.5 Å². The summed E-state index contributed by atoms with van der Waals surface area (Å²) in [4.78, 5) is 28.0. The molecule has 198 valence electrons. The number of anilines is 1. The first-order valence-corrected chi connectivity index (χ1v) is 11.9. The molecule has 2 heterocycles. The predicted molar refractivity (Wildman–Crippen MR) is 142 cm³/mol. The van der Waals surface area contributed by atoms with Gasteiger partial charge in [0.25, 0.3) is 0 Å². The van der Waals surface area contributed by atoms with Gasteiger partial charge in [0.15, 0.2) is 0 Å². The van der Waals surface area contributed by atoms with Crippen molar-refractivity contribution in [2.75, 3.05) is 26.1 Å². The van der Waals surface area contributed by atoms with E-state index in [1.54, 1.807) is 18.2 Å². The number of hydrogen-bond donors (Lipinski definition) is 3. The fourth-order valence-corrected chi connectivity index (χ4v) is 4.44. The van der Waals surface area contributed by atoms with Crippen LogP contribution in [0.25, 0.3) is 17.2 Å². The van der Waals surface area contributed by atoms with Crippen LogP contribution >= 0.6 is 0 Å². The van der Waals surface area contributed by atoms with Crippen molar-refractivity contribution in [3.63, 3.8) is 0 Å². The lowest BCUT2D eigenvalue weighted by Crippen LogP contribution is -2.24. The van der Waals surface area contributed by atoms with Crippen LogP contribution in [0.3, 0.4) is 0 Å². The van der Waals surface area contributed by atoms with E-state index in [0.29, 0.717) is 46.1 Å². The first-order valence-electron chi connectivity index (χ1n) is 11.9. The molecule has 2 aromatic heterocycles. The Kier molecular flexibility index (Phi) is 7.80. The highest BCUT2D eigenvalue weighted by molar-refractivity contribution is 6.07. The number of aryl methyl sites for hydroxylation is 1. The number of halogens is 1. The molecule has 9 nitrogen and oxygen atoms in total. The summed E-state index contributed by atoms with van der Waals surface area (Å²) in [6, 6.07) is 10.3. The molecule has 0 radical (unpaired) electrons. The van der Waals surface area contributed by atoms with E-state index in [0.717, 1.165) is 16.8 Å². The number of fused-ring (bicyclic) bond motifs is 1. The van der Waals surface area contributed by atoms with Crippen LogP contribution in [0.15, 0.2) is 48.2 Å². The minimum Gasteiger partial charge on any atom is -0.494 e. The van der Waals surface area contributed by atoms with E-state index in [4.69, 9.17) is 14.6 Å². The third-order valence-corrected chi connectivity index (χ3v) is 6.40. The summed E-state index contributed by atoms with van der Waals surface area (Å²) in [5.74, 6) is -1.05. The monoisotopic (exact) mass is 520 g/mol. The molecular weight excluding hydrogens is 491 g/mol. The molecule has 4 rings (SSSR count). The molecular formula is C28H29FN4O5. The van der Waals surface area contributed by atoms with Crippen LogP contribution in [0, 0.1) is 5.95 Å². The molecule has 0 saturated heterocycles. The van der Waals surface area contributed by atoms with E-state index in [-0.39, 0.29) is 18.9 Å². The molecule has 10 heteroatoms. The van der Waals surface area contributed by atoms with Crippen molar-refractivity contribution in [1.82, 2.24) is 14.9 Å². The quantitative estimate of drug-likeness (QED) is 0.345. The zero-order chi connectivity index (χ0) is 27.4. The molecule has 1 aromatic carbocycles. The zero-order valence-electron chi connectivity index (χ0n) is 21.6. The van der Waals surface area contributed by atoms with Gasteiger partial charge in [-0.05, 0) is 71.7 Å². The standard InChI is InChI=1S/C28H29FN4O5/c1-16-20(10-17-11-22(37-3)28(23(12-17)38-4)31-15-26(35)36)19-7-8-24(29)32-27(19)21(16)13-25(34)30-14-18-6-5-9-33(18)2/h5-12,31H,13-15H2,1-4H3,(H,30,34)(H,35,36). The second-order valence-electron chi connectivity index (χ2n) is 8.80. The number of carboxylic acids is 1. The first kappa shape index (κ1) is 26.5. The highest BCUT2D eigenvalue weighted by Gasteiger charge is 2.27. The van der Waals surface area contributed by atoms with Crippen molar-refractivity contribution in [2.45, 2.75) is 19.9 Å². The average Bonchev–Trinajstić information content (AvgIpc) is 3.41. The van der Waals surface area contributed by atoms with Crippen molar-refractivity contribution in [3.05, 3.63) is 76.6 Å². The van der Waals surface area contributed by atoms with Gasteiger partial charge in [0.1, 0.15) is 23.7 Å². The number of carboxylic acid groups (broad SMARTS) is 1. The van der Waals surface area contributed by atoms with Gasteiger partial charge in [-0.15, -0.1) is 0 Å². The van der Waals surface area contributed by atoms with Crippen LogP contribution in [-0.2, 0) is 23.2 Å². The number of amides is 1. The van der Waals surface area contributed by atoms with Gasteiger partial charge in [-0.25, -0.2) is 4.98 Å². The molecule has 1 aliphatic carbocycles. The van der Waals surface area contributed by atoms with Crippen LogP contribution in [0.2, 0.25) is 0 Å². The predicted octanol–water partition coefficient (Wildman–Crippen LogP) is 4.11. The molecule has 3 N–H and O–H groups in total. The maximum atomic E-state index is 14.2. The van der Waals surface area contributed by atoms with E-state index in [1.807, 2.05) is 42.9 Å². The number of carbonyl (C=O) groups is 2. The highest BCUT2D eigenvalue weighted by atomic mass is 19.1. The van der Waals surface area contributed by atoms with Crippen LogP contribution in [0.5, 0.6) is 11.5 Å². The van der Waals surface area contributed by atoms with Crippen LogP contribution < -0.4 is 20.1 Å². The molecule has 3 aromatic rings. The Morgan fingerprint density at radius 1 is 1.16 bits per heavy atom. The Labute approximate surface area is 219 Å². The van der Waals surface area contributed by atoms with Crippen molar-refractivity contribution in [2.24, 2.45) is 7.05 Å². The number of aromatic nitrogens is 2. The summed E-state index contributed by atoms with van der Waals surface area (Å²) in [6.45, 7) is 1.94. The smallest absolute Gasteiger partial charge is 0.322 e. The summed E-state index contributed by atoms with van der Waals surface area (Å²) in [7, 11) is 4.86. The molecule has 0 atom stereocenters. The van der Waals surface area contributed by atoms with Gasteiger partial charge in [-0.2, -0.15) is 4.39 Å². The molecule has 38 heavy (non-hydrogen) atoms. The number of rotatable bonds is 10. The average molecular weight is 521 g/mol. The molecule has 0 unspecified atom stereocenters. The third-order valence-electron chi connectivity index (χ3n) is 6.40. The van der Waals surface area contributed by atoms with E-state index in [9.17, 15) is 14.0 Å².